The molecule has 14 heteroatoms. The van der Waals surface area contributed by atoms with Crippen LogP contribution in [0.4, 0.5) is 5.69 Å². The molecule has 5 rings (SSSR count). The topological polar surface area (TPSA) is 166 Å². The summed E-state index contributed by atoms with van der Waals surface area (Å²) in [4.78, 5) is 32.6. The molecule has 3 aromatic carbocycles. The van der Waals surface area contributed by atoms with Crippen molar-refractivity contribution in [3.63, 3.8) is 0 Å². The highest BCUT2D eigenvalue weighted by atomic mass is 35.5. The number of aromatic hydroxyl groups is 2. The molecule has 3 unspecified atom stereocenters. The molecule has 1 saturated heterocycles. The first kappa shape index (κ1) is 33.9. The van der Waals surface area contributed by atoms with Gasteiger partial charge in [-0.15, -0.1) is 0 Å². The number of halogens is 1. The van der Waals surface area contributed by atoms with Gasteiger partial charge in [0.05, 0.1) is 63.4 Å². The number of hydrogen-bond acceptors (Lipinski definition) is 11. The van der Waals surface area contributed by atoms with Gasteiger partial charge in [0.1, 0.15) is 11.9 Å². The van der Waals surface area contributed by atoms with Crippen LogP contribution in [-0.4, -0.2) is 92.7 Å². The molecule has 0 aliphatic carbocycles. The van der Waals surface area contributed by atoms with Gasteiger partial charge in [-0.25, -0.2) is 10.9 Å². The van der Waals surface area contributed by atoms with Crippen molar-refractivity contribution in [2.24, 2.45) is 4.99 Å². The molecule has 3 aromatic rings. The van der Waals surface area contributed by atoms with Crippen LogP contribution < -0.4 is 31.1 Å². The van der Waals surface area contributed by atoms with Gasteiger partial charge in [-0.1, -0.05) is 29.8 Å². The number of phenols is 2. The van der Waals surface area contributed by atoms with E-state index in [0.717, 1.165) is 22.5 Å². The number of fused-ring (bicyclic) bond motifs is 3. The molecular formula is C33H39ClN6O7. The second kappa shape index (κ2) is 15.9. The summed E-state index contributed by atoms with van der Waals surface area (Å²) in [6.07, 6.45) is -0.201. The van der Waals surface area contributed by atoms with E-state index in [1.54, 1.807) is 7.11 Å². The van der Waals surface area contributed by atoms with Gasteiger partial charge in [-0.3, -0.25) is 14.6 Å². The van der Waals surface area contributed by atoms with Crippen LogP contribution in [0.2, 0.25) is 5.02 Å². The number of carbonyl (C=O) groups excluding carboxylic acids is 2. The lowest BCUT2D eigenvalue weighted by Crippen LogP contribution is -2.48. The minimum absolute atomic E-state index is 0.0166. The SMILES string of the molecule is COc1ccc2c(c1)C(c1ccc(Cl)cc1)=NC(CC(=O)NCCOCCOCCNC(=O)c1cccc(O)c1O)C1NNC(C)N21. The second-order valence-corrected chi connectivity index (χ2v) is 11.4. The van der Waals surface area contributed by atoms with E-state index in [1.807, 2.05) is 49.4 Å². The van der Waals surface area contributed by atoms with E-state index in [0.29, 0.717) is 37.1 Å². The quantitative estimate of drug-likeness (QED) is 0.111. The Bertz CT molecular complexity index is 1590. The summed E-state index contributed by atoms with van der Waals surface area (Å²) < 4.78 is 16.6. The maximum absolute atomic E-state index is 13.1. The third kappa shape index (κ3) is 8.31. The summed E-state index contributed by atoms with van der Waals surface area (Å²) in [5.41, 5.74) is 10.1. The number of para-hydroxylation sites is 1. The van der Waals surface area contributed by atoms with Crippen molar-refractivity contribution < 1.29 is 34.0 Å². The van der Waals surface area contributed by atoms with E-state index < -0.39 is 17.7 Å². The Labute approximate surface area is 277 Å². The lowest BCUT2D eigenvalue weighted by Gasteiger charge is -2.31. The van der Waals surface area contributed by atoms with E-state index in [2.05, 4.69) is 26.4 Å². The first-order valence-electron chi connectivity index (χ1n) is 15.3. The summed E-state index contributed by atoms with van der Waals surface area (Å²) in [6.45, 7) is 3.72. The lowest BCUT2D eigenvalue weighted by atomic mass is 9.99. The molecule has 0 bridgehead atoms. The smallest absolute Gasteiger partial charge is 0.255 e. The van der Waals surface area contributed by atoms with Crippen molar-refractivity contribution in [1.82, 2.24) is 21.5 Å². The first-order chi connectivity index (χ1) is 22.8. The monoisotopic (exact) mass is 666 g/mol. The lowest BCUT2D eigenvalue weighted by molar-refractivity contribution is -0.121. The van der Waals surface area contributed by atoms with Crippen LogP contribution in [0.5, 0.6) is 17.2 Å². The molecular weight excluding hydrogens is 628 g/mol. The number of amides is 2. The zero-order chi connectivity index (χ0) is 33.3. The van der Waals surface area contributed by atoms with Crippen LogP contribution in [0.1, 0.15) is 34.8 Å². The fourth-order valence-corrected chi connectivity index (χ4v) is 5.60. The molecule has 2 heterocycles. The molecule has 2 aliphatic rings. The molecule has 47 heavy (non-hydrogen) atoms. The molecule has 0 radical (unpaired) electrons. The van der Waals surface area contributed by atoms with Crippen LogP contribution in [0, 0.1) is 0 Å². The Kier molecular flexibility index (Phi) is 11.5. The zero-order valence-electron chi connectivity index (χ0n) is 26.2. The number of nitrogens with zero attached hydrogens (tertiary/aromatic N) is 2. The number of methoxy groups -OCH3 is 1. The molecule has 3 atom stereocenters. The number of anilines is 1. The van der Waals surface area contributed by atoms with E-state index in [4.69, 9.17) is 30.8 Å². The molecule has 2 amide bonds. The van der Waals surface area contributed by atoms with Crippen molar-refractivity contribution in [3.05, 3.63) is 82.4 Å². The number of ether oxygens (including phenoxy) is 3. The van der Waals surface area contributed by atoms with E-state index in [-0.39, 0.29) is 49.1 Å². The van der Waals surface area contributed by atoms with Crippen LogP contribution in [0.15, 0.2) is 65.7 Å². The molecule has 1 fully saturated rings. The molecule has 13 nitrogen and oxygen atoms in total. The van der Waals surface area contributed by atoms with Gasteiger partial charge < -0.3 is 40.0 Å². The third-order valence-corrected chi connectivity index (χ3v) is 8.05. The predicted octanol–water partition coefficient (Wildman–Crippen LogP) is 2.54. The Balaban J connectivity index is 1.10. The number of hydrogen-bond donors (Lipinski definition) is 6. The Morgan fingerprint density at radius 1 is 0.957 bits per heavy atom. The van der Waals surface area contributed by atoms with Gasteiger partial charge in [0.15, 0.2) is 11.5 Å². The minimum atomic E-state index is -0.517. The van der Waals surface area contributed by atoms with Crippen LogP contribution in [-0.2, 0) is 14.3 Å². The number of hydrazine groups is 1. The standard InChI is InChI=1S/C33H39ClN6O7/c1-20-38-39-32-26(37-30(21-6-8-22(34)9-7-21)25-18-23(45-2)10-11-27(25)40(20)32)19-29(42)35-12-14-46-16-17-47-15-13-36-33(44)24-4-3-5-28(41)31(24)43/h3-11,18,20,26,32,38-39,41,43H,12-17,19H2,1-2H3,(H,35,42)(H,36,44). The highest BCUT2D eigenvalue weighted by Crippen LogP contribution is 2.36. The minimum Gasteiger partial charge on any atom is -0.504 e. The van der Waals surface area contributed by atoms with Gasteiger partial charge in [0, 0.05) is 34.9 Å². The fraction of sp³-hybridized carbons (Fsp3) is 0.364. The largest absolute Gasteiger partial charge is 0.504 e. The Hall–Kier alpha value is -4.40. The van der Waals surface area contributed by atoms with Crippen molar-refractivity contribution in [3.8, 4) is 17.2 Å². The van der Waals surface area contributed by atoms with E-state index in [9.17, 15) is 19.8 Å². The zero-order valence-corrected chi connectivity index (χ0v) is 26.9. The molecule has 0 saturated carbocycles. The van der Waals surface area contributed by atoms with E-state index >= 15 is 0 Å². The summed E-state index contributed by atoms with van der Waals surface area (Å²) in [6, 6.07) is 17.1. The van der Waals surface area contributed by atoms with Crippen molar-refractivity contribution in [2.75, 3.05) is 51.5 Å². The average Bonchev–Trinajstić information content (AvgIpc) is 3.39. The molecule has 6 N–H and O–H groups in total. The maximum atomic E-state index is 13.1. The van der Waals surface area contributed by atoms with Gasteiger partial charge in [0.25, 0.3) is 5.91 Å². The summed E-state index contributed by atoms with van der Waals surface area (Å²) in [5, 5.41) is 25.5. The summed E-state index contributed by atoms with van der Waals surface area (Å²) >= 11 is 6.19. The Morgan fingerprint density at radius 2 is 1.68 bits per heavy atom. The number of benzene rings is 3. The summed E-state index contributed by atoms with van der Waals surface area (Å²) in [5.74, 6) is -0.801. The highest BCUT2D eigenvalue weighted by Gasteiger charge is 2.40. The number of aliphatic imine (C=N–C) groups is 1. The molecule has 250 valence electrons. The van der Waals surface area contributed by atoms with Gasteiger partial charge >= 0.3 is 0 Å². The van der Waals surface area contributed by atoms with Crippen LogP contribution >= 0.6 is 11.6 Å². The fourth-order valence-electron chi connectivity index (χ4n) is 5.48. The Morgan fingerprint density at radius 3 is 2.40 bits per heavy atom. The van der Waals surface area contributed by atoms with Gasteiger partial charge in [0.2, 0.25) is 5.91 Å². The molecule has 2 aliphatic heterocycles. The number of carbonyl (C=O) groups is 2. The number of nitrogens with one attached hydrogen (secondary N) is 4. The third-order valence-electron chi connectivity index (χ3n) is 7.80. The summed E-state index contributed by atoms with van der Waals surface area (Å²) in [7, 11) is 1.63. The molecule has 0 spiro atoms. The highest BCUT2D eigenvalue weighted by molar-refractivity contribution is 6.30. The van der Waals surface area contributed by atoms with E-state index in [1.165, 1.54) is 18.2 Å². The predicted molar refractivity (Wildman–Crippen MR) is 177 cm³/mol. The first-order valence-corrected chi connectivity index (χ1v) is 15.7. The van der Waals surface area contributed by atoms with Gasteiger partial charge in [-0.05, 0) is 49.4 Å². The second-order valence-electron chi connectivity index (χ2n) is 11.0. The van der Waals surface area contributed by atoms with Crippen molar-refractivity contribution in [1.29, 1.82) is 0 Å². The van der Waals surface area contributed by atoms with Crippen LogP contribution in [0.3, 0.4) is 0 Å². The van der Waals surface area contributed by atoms with Crippen molar-refractivity contribution >= 4 is 34.8 Å². The average molecular weight is 667 g/mol. The van der Waals surface area contributed by atoms with Crippen LogP contribution in [0.25, 0.3) is 0 Å². The maximum Gasteiger partial charge on any atom is 0.255 e. The molecule has 0 aromatic heterocycles. The van der Waals surface area contributed by atoms with Gasteiger partial charge in [-0.2, -0.15) is 0 Å². The number of phenolic OH excluding ortho intramolecular Hbond substituents is 2. The normalized spacial score (nSPS) is 18.5. The van der Waals surface area contributed by atoms with Crippen molar-refractivity contribution in [2.45, 2.75) is 31.7 Å². The number of rotatable bonds is 14.